The van der Waals surface area contributed by atoms with Gasteiger partial charge in [0.25, 0.3) is 0 Å². The van der Waals surface area contributed by atoms with Gasteiger partial charge in [-0.25, -0.2) is 0 Å². The van der Waals surface area contributed by atoms with Gasteiger partial charge < -0.3 is 10.4 Å². The van der Waals surface area contributed by atoms with Gasteiger partial charge in [-0.3, -0.25) is 4.79 Å². The summed E-state index contributed by atoms with van der Waals surface area (Å²) in [7, 11) is 0. The topological polar surface area (TPSA) is 73.1 Å². The molecule has 114 valence electrons. The number of aliphatic hydroxyl groups is 1. The van der Waals surface area contributed by atoms with Crippen LogP contribution < -0.4 is 5.32 Å². The molecule has 1 fully saturated rings. The number of carbonyl (C=O) groups is 1. The molecule has 4 heteroatoms. The van der Waals surface area contributed by atoms with Crippen LogP contribution in [0, 0.1) is 22.2 Å². The van der Waals surface area contributed by atoms with Crippen LogP contribution >= 0.6 is 0 Å². The van der Waals surface area contributed by atoms with Crippen molar-refractivity contribution >= 4 is 5.91 Å². The number of nitriles is 1. The molecule has 1 rings (SSSR count). The Morgan fingerprint density at radius 2 is 1.85 bits per heavy atom. The quantitative estimate of drug-likeness (QED) is 0.778. The van der Waals surface area contributed by atoms with Gasteiger partial charge >= 0.3 is 0 Å². The highest BCUT2D eigenvalue weighted by molar-refractivity contribution is 5.85. The Balaban J connectivity index is 2.82. The Labute approximate surface area is 122 Å². The first-order valence-electron chi connectivity index (χ1n) is 7.69. The summed E-state index contributed by atoms with van der Waals surface area (Å²) >= 11 is 0. The fraction of sp³-hybridized carbons (Fsp3) is 0.875. The van der Waals surface area contributed by atoms with Gasteiger partial charge in [0, 0.05) is 12.6 Å². The summed E-state index contributed by atoms with van der Waals surface area (Å²) in [5, 5.41) is 21.7. The van der Waals surface area contributed by atoms with Crippen LogP contribution in [0.2, 0.25) is 0 Å². The van der Waals surface area contributed by atoms with Gasteiger partial charge in [0.05, 0.1) is 6.07 Å². The maximum Gasteiger partial charge on any atom is 0.240 e. The highest BCUT2D eigenvalue weighted by Gasteiger charge is 2.40. The Hall–Kier alpha value is -1.08. The van der Waals surface area contributed by atoms with E-state index in [1.165, 1.54) is 0 Å². The third kappa shape index (κ3) is 4.21. The van der Waals surface area contributed by atoms with Crippen LogP contribution in [0.15, 0.2) is 0 Å². The minimum atomic E-state index is -0.866. The van der Waals surface area contributed by atoms with E-state index in [1.807, 2.05) is 20.8 Å². The average Bonchev–Trinajstić information content (AvgIpc) is 2.63. The van der Waals surface area contributed by atoms with Gasteiger partial charge in [-0.15, -0.1) is 0 Å². The van der Waals surface area contributed by atoms with Crippen LogP contribution in [-0.2, 0) is 4.79 Å². The lowest BCUT2D eigenvalue weighted by atomic mass is 9.79. The number of hydrogen-bond donors (Lipinski definition) is 2. The van der Waals surface area contributed by atoms with Gasteiger partial charge in [-0.1, -0.05) is 46.5 Å². The number of nitrogens with one attached hydrogen (secondary N) is 1. The summed E-state index contributed by atoms with van der Waals surface area (Å²) in [6.07, 6.45) is 5.95. The summed E-state index contributed by atoms with van der Waals surface area (Å²) in [5.74, 6) is -0.143. The molecule has 4 nitrogen and oxygen atoms in total. The van der Waals surface area contributed by atoms with E-state index >= 15 is 0 Å². The predicted molar refractivity (Wildman–Crippen MR) is 78.8 cm³/mol. The average molecular weight is 280 g/mol. The van der Waals surface area contributed by atoms with Crippen LogP contribution in [-0.4, -0.2) is 23.7 Å². The second-order valence-electron chi connectivity index (χ2n) is 7.01. The molecule has 1 unspecified atom stereocenters. The van der Waals surface area contributed by atoms with E-state index in [0.717, 1.165) is 25.7 Å². The van der Waals surface area contributed by atoms with E-state index in [4.69, 9.17) is 0 Å². The molecule has 0 aliphatic heterocycles. The van der Waals surface area contributed by atoms with Gasteiger partial charge in [-0.2, -0.15) is 5.26 Å². The number of hydrogen-bond acceptors (Lipinski definition) is 3. The molecule has 0 saturated heterocycles. The summed E-state index contributed by atoms with van der Waals surface area (Å²) in [4.78, 5) is 12.6. The standard InChI is InChI=1S/C16H28N2O2/c1-15(2,3)13(8-11-19)18-14(20)16(12-17)9-6-4-5-7-10-16/h13,19H,4-11H2,1-3H3,(H,18,20). The molecule has 1 aliphatic rings. The molecule has 1 amide bonds. The lowest BCUT2D eigenvalue weighted by molar-refractivity contribution is -0.130. The van der Waals surface area contributed by atoms with Crippen LogP contribution in [0.5, 0.6) is 0 Å². The maximum atomic E-state index is 12.6. The molecule has 20 heavy (non-hydrogen) atoms. The molecule has 0 radical (unpaired) electrons. The second kappa shape index (κ2) is 7.08. The van der Waals surface area contributed by atoms with Crippen molar-refractivity contribution in [2.24, 2.45) is 10.8 Å². The van der Waals surface area contributed by atoms with Gasteiger partial charge in [0.1, 0.15) is 5.41 Å². The van der Waals surface area contributed by atoms with E-state index < -0.39 is 5.41 Å². The lowest BCUT2D eigenvalue weighted by Gasteiger charge is -2.34. The van der Waals surface area contributed by atoms with E-state index in [9.17, 15) is 15.2 Å². The maximum absolute atomic E-state index is 12.6. The Morgan fingerprint density at radius 3 is 2.25 bits per heavy atom. The number of rotatable bonds is 4. The third-order valence-corrected chi connectivity index (χ3v) is 4.37. The number of carbonyl (C=O) groups excluding carboxylic acids is 1. The minimum absolute atomic E-state index is 0.0434. The largest absolute Gasteiger partial charge is 0.396 e. The predicted octanol–water partition coefficient (Wildman–Crippen LogP) is 2.76. The first kappa shape index (κ1) is 17.0. The van der Waals surface area contributed by atoms with E-state index in [1.54, 1.807) is 0 Å². The Bertz CT molecular complexity index is 358. The van der Waals surface area contributed by atoms with Crippen LogP contribution in [0.25, 0.3) is 0 Å². The summed E-state index contributed by atoms with van der Waals surface area (Å²) in [6.45, 7) is 6.17. The van der Waals surface area contributed by atoms with Crippen molar-refractivity contribution in [1.82, 2.24) is 5.32 Å². The van der Waals surface area contributed by atoms with Crippen molar-refractivity contribution in [2.75, 3.05) is 6.61 Å². The minimum Gasteiger partial charge on any atom is -0.396 e. The lowest BCUT2D eigenvalue weighted by Crippen LogP contribution is -2.50. The number of amides is 1. The number of nitrogens with zero attached hydrogens (tertiary/aromatic N) is 1. The Kier molecular flexibility index (Phi) is 6.01. The van der Waals surface area contributed by atoms with Crippen molar-refractivity contribution in [3.63, 3.8) is 0 Å². The zero-order valence-corrected chi connectivity index (χ0v) is 13.0. The smallest absolute Gasteiger partial charge is 0.240 e. The normalized spacial score (nSPS) is 20.6. The molecule has 2 N–H and O–H groups in total. The van der Waals surface area contributed by atoms with Crippen molar-refractivity contribution in [3.05, 3.63) is 0 Å². The van der Waals surface area contributed by atoms with Gasteiger partial charge in [0.15, 0.2) is 0 Å². The van der Waals surface area contributed by atoms with Gasteiger partial charge in [-0.05, 0) is 24.7 Å². The number of aliphatic hydroxyl groups excluding tert-OH is 1. The highest BCUT2D eigenvalue weighted by Crippen LogP contribution is 2.35. The first-order chi connectivity index (χ1) is 9.35. The van der Waals surface area contributed by atoms with E-state index in [2.05, 4.69) is 11.4 Å². The van der Waals surface area contributed by atoms with E-state index in [0.29, 0.717) is 19.3 Å². The molecule has 0 bridgehead atoms. The monoisotopic (exact) mass is 280 g/mol. The molecular formula is C16H28N2O2. The summed E-state index contributed by atoms with van der Waals surface area (Å²) in [5.41, 5.74) is -0.991. The van der Waals surface area contributed by atoms with Crippen LogP contribution in [0.1, 0.15) is 65.7 Å². The van der Waals surface area contributed by atoms with Crippen molar-refractivity contribution < 1.29 is 9.90 Å². The molecule has 1 atom stereocenters. The molecule has 1 saturated carbocycles. The van der Waals surface area contributed by atoms with Crippen LogP contribution in [0.4, 0.5) is 0 Å². The van der Waals surface area contributed by atoms with E-state index in [-0.39, 0.29) is 24.0 Å². The summed E-state index contributed by atoms with van der Waals surface area (Å²) in [6, 6.07) is 2.18. The van der Waals surface area contributed by atoms with Crippen LogP contribution in [0.3, 0.4) is 0 Å². The zero-order valence-electron chi connectivity index (χ0n) is 13.0. The fourth-order valence-electron chi connectivity index (χ4n) is 2.87. The van der Waals surface area contributed by atoms with Gasteiger partial charge in [0.2, 0.25) is 5.91 Å². The molecule has 0 aromatic rings. The van der Waals surface area contributed by atoms with Crippen molar-refractivity contribution in [2.45, 2.75) is 71.8 Å². The van der Waals surface area contributed by atoms with Crippen molar-refractivity contribution in [3.8, 4) is 6.07 Å². The molecule has 0 aromatic heterocycles. The summed E-state index contributed by atoms with van der Waals surface area (Å²) < 4.78 is 0. The highest BCUT2D eigenvalue weighted by atomic mass is 16.3. The Morgan fingerprint density at radius 1 is 1.30 bits per heavy atom. The molecule has 0 heterocycles. The molecular weight excluding hydrogens is 252 g/mol. The SMILES string of the molecule is CC(C)(C)C(CCO)NC(=O)C1(C#N)CCCCCC1. The molecule has 0 spiro atoms. The third-order valence-electron chi connectivity index (χ3n) is 4.37. The molecule has 1 aliphatic carbocycles. The first-order valence-corrected chi connectivity index (χ1v) is 7.69. The fourth-order valence-corrected chi connectivity index (χ4v) is 2.87. The molecule has 0 aromatic carbocycles. The van der Waals surface area contributed by atoms with Crippen molar-refractivity contribution in [1.29, 1.82) is 5.26 Å². The second-order valence-corrected chi connectivity index (χ2v) is 7.01. The zero-order chi connectivity index (χ0) is 15.2.